The minimum Gasteiger partial charge on any atom is -0.491 e. The number of benzene rings is 2. The van der Waals surface area contributed by atoms with Gasteiger partial charge in [-0.15, -0.1) is 0 Å². The Bertz CT molecular complexity index is 955. The van der Waals surface area contributed by atoms with Crippen LogP contribution in [0, 0.1) is 5.92 Å². The van der Waals surface area contributed by atoms with Crippen molar-refractivity contribution in [3.05, 3.63) is 72.3 Å². The van der Waals surface area contributed by atoms with Gasteiger partial charge in [0.2, 0.25) is 0 Å². The number of carbonyl (C=O) groups is 2. The first-order chi connectivity index (χ1) is 16.9. The molecular weight excluding hydrogens is 440 g/mol. The third kappa shape index (κ3) is 8.27. The van der Waals surface area contributed by atoms with E-state index in [1.807, 2.05) is 26.0 Å². The Morgan fingerprint density at radius 3 is 2.17 bits per heavy atom. The highest BCUT2D eigenvalue weighted by atomic mass is 16.5. The molecule has 1 aliphatic rings. The maximum Gasteiger partial charge on any atom is 0.343 e. The molecule has 35 heavy (non-hydrogen) atoms. The number of esters is 2. The lowest BCUT2D eigenvalue weighted by molar-refractivity contribution is -0.143. The van der Waals surface area contributed by atoms with Crippen LogP contribution >= 0.6 is 0 Å². The molecule has 0 aliphatic heterocycles. The molecule has 3 rings (SSSR count). The lowest BCUT2D eigenvalue weighted by atomic mass is 9.77. The Balaban J connectivity index is 1.47. The molecule has 1 saturated carbocycles. The summed E-state index contributed by atoms with van der Waals surface area (Å²) in [6.45, 7) is 9.38. The molecule has 5 nitrogen and oxygen atoms in total. The molecule has 0 amide bonds. The van der Waals surface area contributed by atoms with E-state index in [1.54, 1.807) is 24.3 Å². The Hall–Kier alpha value is -3.08. The van der Waals surface area contributed by atoms with Gasteiger partial charge in [-0.05, 0) is 93.3 Å². The van der Waals surface area contributed by atoms with Gasteiger partial charge >= 0.3 is 11.9 Å². The molecule has 0 bridgehead atoms. The largest absolute Gasteiger partial charge is 0.491 e. The van der Waals surface area contributed by atoms with Crippen molar-refractivity contribution in [1.82, 2.24) is 0 Å². The Morgan fingerprint density at radius 1 is 0.943 bits per heavy atom. The third-order valence-corrected chi connectivity index (χ3v) is 6.68. The van der Waals surface area contributed by atoms with Crippen LogP contribution in [-0.2, 0) is 9.53 Å². The summed E-state index contributed by atoms with van der Waals surface area (Å²) in [5, 5.41) is 0. The zero-order valence-electron chi connectivity index (χ0n) is 21.2. The van der Waals surface area contributed by atoms with Crippen LogP contribution in [0.15, 0.2) is 61.2 Å². The van der Waals surface area contributed by atoms with Crippen LogP contribution in [0.3, 0.4) is 0 Å². The van der Waals surface area contributed by atoms with E-state index in [0.717, 1.165) is 12.0 Å². The molecule has 1 aliphatic carbocycles. The number of rotatable bonds is 11. The van der Waals surface area contributed by atoms with Crippen molar-refractivity contribution in [3.63, 3.8) is 0 Å². The molecule has 2 aromatic rings. The zero-order valence-corrected chi connectivity index (χ0v) is 21.2. The smallest absolute Gasteiger partial charge is 0.343 e. The van der Waals surface area contributed by atoms with E-state index in [4.69, 9.17) is 14.2 Å². The topological polar surface area (TPSA) is 61.8 Å². The predicted octanol–water partition coefficient (Wildman–Crippen LogP) is 7.25. The fourth-order valence-electron chi connectivity index (χ4n) is 4.88. The van der Waals surface area contributed by atoms with Crippen molar-refractivity contribution in [2.75, 3.05) is 0 Å². The highest BCUT2D eigenvalue weighted by Gasteiger charge is 2.22. The molecule has 188 valence electrons. The fourth-order valence-corrected chi connectivity index (χ4v) is 4.88. The molecular formula is C30H38O5. The minimum atomic E-state index is -0.447. The van der Waals surface area contributed by atoms with Crippen molar-refractivity contribution in [2.24, 2.45) is 5.92 Å². The monoisotopic (exact) mass is 478 g/mol. The summed E-state index contributed by atoms with van der Waals surface area (Å²) in [7, 11) is 0. The van der Waals surface area contributed by atoms with Gasteiger partial charge in [0.25, 0.3) is 0 Å². The van der Waals surface area contributed by atoms with Gasteiger partial charge in [-0.25, -0.2) is 9.59 Å². The van der Waals surface area contributed by atoms with E-state index in [9.17, 15) is 9.59 Å². The molecule has 2 aromatic carbocycles. The molecule has 1 fully saturated rings. The summed E-state index contributed by atoms with van der Waals surface area (Å²) in [5.41, 5.74) is 1.79. The number of ether oxygens (including phenoxy) is 3. The van der Waals surface area contributed by atoms with E-state index in [2.05, 4.69) is 25.6 Å². The third-order valence-electron chi connectivity index (χ3n) is 6.68. The molecule has 0 heterocycles. The van der Waals surface area contributed by atoms with Crippen molar-refractivity contribution in [1.29, 1.82) is 0 Å². The first-order valence-electron chi connectivity index (χ1n) is 12.8. The van der Waals surface area contributed by atoms with Gasteiger partial charge in [-0.1, -0.05) is 38.5 Å². The SMILES string of the molecule is C=CC(=O)OC(C)CC(C)Oc1ccc(C(=O)Oc2ccc(C3CCC(CCC)CC3)cc2)cc1. The van der Waals surface area contributed by atoms with Gasteiger partial charge in [0.05, 0.1) is 11.7 Å². The molecule has 0 radical (unpaired) electrons. The predicted molar refractivity (Wildman–Crippen MR) is 138 cm³/mol. The summed E-state index contributed by atoms with van der Waals surface area (Å²) < 4.78 is 16.6. The van der Waals surface area contributed by atoms with E-state index in [0.29, 0.717) is 29.4 Å². The van der Waals surface area contributed by atoms with Crippen LogP contribution in [0.1, 0.15) is 87.6 Å². The average Bonchev–Trinajstić information content (AvgIpc) is 2.85. The number of carbonyl (C=O) groups excluding carboxylic acids is 2. The maximum absolute atomic E-state index is 12.6. The summed E-state index contributed by atoms with van der Waals surface area (Å²) in [6, 6.07) is 14.8. The van der Waals surface area contributed by atoms with Crippen LogP contribution in [0.4, 0.5) is 0 Å². The van der Waals surface area contributed by atoms with E-state index in [1.165, 1.54) is 44.1 Å². The number of hydrogen-bond acceptors (Lipinski definition) is 5. The quantitative estimate of drug-likeness (QED) is 0.193. The lowest BCUT2D eigenvalue weighted by Crippen LogP contribution is -2.22. The van der Waals surface area contributed by atoms with E-state index < -0.39 is 11.9 Å². The molecule has 2 unspecified atom stereocenters. The Labute approximate surface area is 209 Å². The average molecular weight is 479 g/mol. The molecule has 5 heteroatoms. The second-order valence-corrected chi connectivity index (χ2v) is 9.61. The molecule has 0 spiro atoms. The Kier molecular flexibility index (Phi) is 9.95. The van der Waals surface area contributed by atoms with Crippen molar-refractivity contribution in [3.8, 4) is 11.5 Å². The summed E-state index contributed by atoms with van der Waals surface area (Å²) in [6.07, 6.45) is 8.98. The van der Waals surface area contributed by atoms with Gasteiger partial charge in [-0.3, -0.25) is 0 Å². The standard InChI is InChI=1S/C30H38O5/c1-5-7-23-8-10-24(11-9-23)25-12-16-28(17-13-25)35-30(32)26-14-18-27(19-15-26)33-21(3)20-22(4)34-29(31)6-2/h6,12-19,21-24H,2,5,7-11,20H2,1,3-4H3. The fraction of sp³-hybridized carbons (Fsp3) is 0.467. The van der Waals surface area contributed by atoms with Gasteiger partial charge in [0, 0.05) is 12.5 Å². The second-order valence-electron chi connectivity index (χ2n) is 9.61. The first-order valence-corrected chi connectivity index (χ1v) is 12.8. The highest BCUT2D eigenvalue weighted by molar-refractivity contribution is 5.91. The minimum absolute atomic E-state index is 0.166. The van der Waals surface area contributed by atoms with Crippen LogP contribution in [0.5, 0.6) is 11.5 Å². The molecule has 2 atom stereocenters. The van der Waals surface area contributed by atoms with Crippen LogP contribution in [-0.4, -0.2) is 24.1 Å². The molecule has 0 aromatic heterocycles. The van der Waals surface area contributed by atoms with Gasteiger partial charge < -0.3 is 14.2 Å². The number of hydrogen-bond donors (Lipinski definition) is 0. The van der Waals surface area contributed by atoms with E-state index >= 15 is 0 Å². The normalized spacial score (nSPS) is 19.3. The first kappa shape index (κ1) is 26.5. The van der Waals surface area contributed by atoms with Crippen molar-refractivity contribution in [2.45, 2.75) is 83.8 Å². The van der Waals surface area contributed by atoms with Crippen LogP contribution in [0.2, 0.25) is 0 Å². The summed E-state index contributed by atoms with van der Waals surface area (Å²) >= 11 is 0. The van der Waals surface area contributed by atoms with Crippen LogP contribution in [0.25, 0.3) is 0 Å². The maximum atomic E-state index is 12.6. The molecule has 0 N–H and O–H groups in total. The van der Waals surface area contributed by atoms with Crippen molar-refractivity contribution < 1.29 is 23.8 Å². The van der Waals surface area contributed by atoms with Crippen molar-refractivity contribution >= 4 is 11.9 Å². The Morgan fingerprint density at radius 2 is 1.57 bits per heavy atom. The second kappa shape index (κ2) is 13.1. The van der Waals surface area contributed by atoms with Crippen LogP contribution < -0.4 is 9.47 Å². The summed E-state index contributed by atoms with van der Waals surface area (Å²) in [4.78, 5) is 23.9. The summed E-state index contributed by atoms with van der Waals surface area (Å²) in [5.74, 6) is 1.84. The van der Waals surface area contributed by atoms with Gasteiger partial charge in [0.1, 0.15) is 17.6 Å². The lowest BCUT2D eigenvalue weighted by Gasteiger charge is -2.28. The zero-order chi connectivity index (χ0) is 25.2. The van der Waals surface area contributed by atoms with Gasteiger partial charge in [-0.2, -0.15) is 0 Å². The van der Waals surface area contributed by atoms with E-state index in [-0.39, 0.29) is 12.2 Å². The molecule has 0 saturated heterocycles. The van der Waals surface area contributed by atoms with Gasteiger partial charge in [0.15, 0.2) is 0 Å². The highest BCUT2D eigenvalue weighted by Crippen LogP contribution is 2.37.